The molecule has 4 heteroatoms. The van der Waals surface area contributed by atoms with E-state index in [2.05, 4.69) is 195 Å². The molecule has 2 heterocycles. The highest BCUT2D eigenvalue weighted by Gasteiger charge is 2.30. The first-order chi connectivity index (χ1) is 28.1. The van der Waals surface area contributed by atoms with Gasteiger partial charge >= 0.3 is 0 Å². The van der Waals surface area contributed by atoms with Gasteiger partial charge in [0, 0.05) is 42.5 Å². The Balaban J connectivity index is 1.26. The van der Waals surface area contributed by atoms with E-state index in [0.717, 1.165) is 28.0 Å². The average molecular weight is 838 g/mol. The van der Waals surface area contributed by atoms with Gasteiger partial charge in [-0.2, -0.15) is 5.26 Å². The number of nitriles is 1. The fourth-order valence-corrected chi connectivity index (χ4v) is 10.9. The van der Waals surface area contributed by atoms with Gasteiger partial charge in [-0.05, 0) is 111 Å². The minimum absolute atomic E-state index is 0.996. The highest BCUT2D eigenvalue weighted by atomic mass is 127. The number of fused-ring (bicyclic) bond motifs is 14. The van der Waals surface area contributed by atoms with Crippen LogP contribution in [0.3, 0.4) is 0 Å². The van der Waals surface area contributed by atoms with Crippen LogP contribution in [0.4, 0.5) is 0 Å². The molecule has 0 amide bonds. The van der Waals surface area contributed by atoms with Crippen LogP contribution >= 0.6 is 22.6 Å². The van der Waals surface area contributed by atoms with Crippen molar-refractivity contribution in [1.29, 1.82) is 5.26 Å². The van der Waals surface area contributed by atoms with Gasteiger partial charge in [-0.1, -0.05) is 138 Å². The van der Waals surface area contributed by atoms with Crippen molar-refractivity contribution in [3.63, 3.8) is 0 Å². The van der Waals surface area contributed by atoms with Gasteiger partial charge in [-0.3, -0.25) is 0 Å². The number of rotatable bonds is 4. The lowest BCUT2D eigenvalue weighted by molar-refractivity contribution is 1.16. The van der Waals surface area contributed by atoms with Crippen molar-refractivity contribution in [2.24, 2.45) is 0 Å². The summed E-state index contributed by atoms with van der Waals surface area (Å²) < 4.78 is 7.23. The number of allylic oxidation sites excluding steroid dienone is 5. The Hall–Kier alpha value is -6.68. The van der Waals surface area contributed by atoms with Gasteiger partial charge in [0.25, 0.3) is 0 Å². The molecule has 10 aromatic rings. The van der Waals surface area contributed by atoms with Crippen LogP contribution in [0, 0.1) is 18.3 Å². The second kappa shape index (κ2) is 11.9. The number of aryl methyl sites for hydroxylation is 1. The van der Waals surface area contributed by atoms with E-state index < -0.39 is 0 Å². The molecule has 0 atom stereocenters. The van der Waals surface area contributed by atoms with Crippen molar-refractivity contribution >= 4 is 99.1 Å². The Bertz CT molecular complexity index is 3620. The highest BCUT2D eigenvalue weighted by Crippen LogP contribution is 2.54. The van der Waals surface area contributed by atoms with Crippen LogP contribution in [-0.2, 0) is 0 Å². The lowest BCUT2D eigenvalue weighted by Crippen LogP contribution is -2.08. The molecule has 266 valence electrons. The van der Waals surface area contributed by atoms with E-state index in [1.54, 1.807) is 6.08 Å². The maximum absolute atomic E-state index is 9.93. The number of nitrogens with zero attached hydrogens (tertiary/aromatic N) is 3. The Morgan fingerprint density at radius 3 is 1.70 bits per heavy atom. The quantitative estimate of drug-likeness (QED) is 0.0987. The molecule has 2 aliphatic rings. The highest BCUT2D eigenvalue weighted by molar-refractivity contribution is 14.1. The number of hydrogen-bond acceptors (Lipinski definition) is 1. The Morgan fingerprint density at radius 1 is 0.526 bits per heavy atom. The molecular formula is C53H32IN3. The molecule has 8 aromatic carbocycles. The Kier molecular flexibility index (Phi) is 6.80. The molecular weight excluding hydrogens is 806 g/mol. The predicted molar refractivity (Wildman–Crippen MR) is 249 cm³/mol. The first-order valence-electron chi connectivity index (χ1n) is 19.4. The number of benzene rings is 8. The Labute approximate surface area is 342 Å². The van der Waals surface area contributed by atoms with Crippen LogP contribution in [0.2, 0.25) is 0 Å². The maximum Gasteiger partial charge on any atom is 0.0912 e. The zero-order valence-corrected chi connectivity index (χ0v) is 33.4. The van der Waals surface area contributed by atoms with E-state index in [1.165, 1.54) is 104 Å². The molecule has 0 spiro atoms. The number of aromatic nitrogens is 2. The summed E-state index contributed by atoms with van der Waals surface area (Å²) in [5.74, 6) is 0. The van der Waals surface area contributed by atoms with Crippen molar-refractivity contribution in [1.82, 2.24) is 9.13 Å². The summed E-state index contributed by atoms with van der Waals surface area (Å²) in [5.41, 5.74) is 19.2. The molecule has 0 aliphatic heterocycles. The smallest absolute Gasteiger partial charge is 0.0912 e. The number of halogens is 1. The standard InChI is InChI=1S/C53H32IN3/c1-30-24-25-39-33-15-4-6-17-35(33)42-28-44-37-19-8-10-23-46(37)57(53(44)48(30)50(39)42)51(31(2)13-12-26-55)47(29-54)56-45-22-9-7-18-36(45)43-27-41-34-16-5-3-14-32(34)38-20-11-21-40(49(38)41)52(43)56/h3-25,27-29H,1-2H3/b13-12+,47-29+,51-31+. The van der Waals surface area contributed by atoms with Gasteiger partial charge in [0.05, 0.1) is 39.5 Å². The molecule has 0 radical (unpaired) electrons. The molecule has 2 aliphatic carbocycles. The lowest BCUT2D eigenvalue weighted by Gasteiger charge is -2.22. The van der Waals surface area contributed by atoms with Gasteiger partial charge in [0.15, 0.2) is 0 Å². The third kappa shape index (κ3) is 4.19. The van der Waals surface area contributed by atoms with E-state index in [0.29, 0.717) is 0 Å². The van der Waals surface area contributed by atoms with Crippen LogP contribution in [0.25, 0.3) is 121 Å². The number of hydrogen-bond donors (Lipinski definition) is 0. The van der Waals surface area contributed by atoms with Gasteiger partial charge in [-0.15, -0.1) is 0 Å². The maximum atomic E-state index is 9.93. The van der Waals surface area contributed by atoms with Crippen LogP contribution in [0.15, 0.2) is 161 Å². The molecule has 0 N–H and O–H groups in total. The minimum Gasteiger partial charge on any atom is -0.306 e. The van der Waals surface area contributed by atoms with Crippen molar-refractivity contribution in [2.45, 2.75) is 13.8 Å². The summed E-state index contributed by atoms with van der Waals surface area (Å²) in [6.07, 6.45) is 3.59. The van der Waals surface area contributed by atoms with Gasteiger partial charge in [0.1, 0.15) is 0 Å². The second-order valence-corrected chi connectivity index (χ2v) is 16.0. The van der Waals surface area contributed by atoms with Crippen LogP contribution in [-0.4, -0.2) is 9.13 Å². The first-order valence-corrected chi connectivity index (χ1v) is 20.6. The van der Waals surface area contributed by atoms with Gasteiger partial charge in [0.2, 0.25) is 0 Å². The fourth-order valence-electron chi connectivity index (χ4n) is 10.3. The largest absolute Gasteiger partial charge is 0.306 e. The predicted octanol–water partition coefficient (Wildman–Crippen LogP) is 15.1. The zero-order valence-electron chi connectivity index (χ0n) is 31.2. The summed E-state index contributed by atoms with van der Waals surface area (Å²) >= 11 is 2.45. The average Bonchev–Trinajstić information content (AvgIpc) is 3.97. The van der Waals surface area contributed by atoms with Gasteiger partial charge in [-0.25, -0.2) is 0 Å². The molecule has 3 nitrogen and oxygen atoms in total. The van der Waals surface area contributed by atoms with E-state index in [9.17, 15) is 5.26 Å². The topological polar surface area (TPSA) is 33.6 Å². The molecule has 0 saturated heterocycles. The lowest BCUT2D eigenvalue weighted by atomic mass is 9.96. The van der Waals surface area contributed by atoms with E-state index >= 15 is 0 Å². The summed E-state index contributed by atoms with van der Waals surface area (Å²) in [5, 5.41) is 19.9. The van der Waals surface area contributed by atoms with E-state index in [1.807, 2.05) is 6.08 Å². The fraction of sp³-hybridized carbons (Fsp3) is 0.0377. The zero-order chi connectivity index (χ0) is 38.1. The van der Waals surface area contributed by atoms with Crippen LogP contribution in [0.1, 0.15) is 12.5 Å². The molecule has 2 aromatic heterocycles. The van der Waals surface area contributed by atoms with Crippen LogP contribution in [0.5, 0.6) is 0 Å². The monoisotopic (exact) mass is 837 g/mol. The summed E-state index contributed by atoms with van der Waals surface area (Å²) in [6, 6.07) is 53.8. The van der Waals surface area contributed by atoms with E-state index in [-0.39, 0.29) is 0 Å². The molecule has 12 rings (SSSR count). The first kappa shape index (κ1) is 32.6. The summed E-state index contributed by atoms with van der Waals surface area (Å²) in [6.45, 7) is 4.40. The van der Waals surface area contributed by atoms with Crippen molar-refractivity contribution < 1.29 is 0 Å². The van der Waals surface area contributed by atoms with Crippen LogP contribution < -0.4 is 0 Å². The third-order valence-electron chi connectivity index (χ3n) is 12.5. The van der Waals surface area contributed by atoms with Gasteiger partial charge < -0.3 is 9.13 Å². The Morgan fingerprint density at radius 2 is 1.05 bits per heavy atom. The van der Waals surface area contributed by atoms with Crippen molar-refractivity contribution in [3.05, 3.63) is 167 Å². The third-order valence-corrected chi connectivity index (χ3v) is 13.1. The van der Waals surface area contributed by atoms with Crippen molar-refractivity contribution in [3.8, 4) is 50.6 Å². The SMILES string of the molecule is CC(/C=C/C#N)=C(/C(=C\I)n1c2ccccc2c2cc3c4c(cccc4c21)-c1ccccc1-3)n1c2ccccc2c2cc3c4c(ccc(C)c4c21)-c1ccccc1-3. The summed E-state index contributed by atoms with van der Waals surface area (Å²) in [4.78, 5) is 0. The molecule has 57 heavy (non-hydrogen) atoms. The molecule has 0 bridgehead atoms. The minimum atomic E-state index is 0.996. The van der Waals surface area contributed by atoms with E-state index in [4.69, 9.17) is 0 Å². The van der Waals surface area contributed by atoms with Crippen molar-refractivity contribution in [2.75, 3.05) is 0 Å². The molecule has 0 fully saturated rings. The molecule has 0 saturated carbocycles. The molecule has 0 unspecified atom stereocenters. The second-order valence-electron chi connectivity index (χ2n) is 15.3. The summed E-state index contributed by atoms with van der Waals surface area (Å²) in [7, 11) is 0. The normalized spacial score (nSPS) is 13.5. The number of para-hydroxylation sites is 2.